The predicted molar refractivity (Wildman–Crippen MR) is 208 cm³/mol. The van der Waals surface area contributed by atoms with E-state index >= 15 is 0 Å². The zero-order valence-electron chi connectivity index (χ0n) is 32.1. The number of phenolic OH excluding ortho intramolecular Hbond substituents is 2. The minimum atomic E-state index is -1.21. The normalized spacial score (nSPS) is 11.0. The Morgan fingerprint density at radius 1 is 0.481 bits per heavy atom. The summed E-state index contributed by atoms with van der Waals surface area (Å²) < 4.78 is 0. The van der Waals surface area contributed by atoms with E-state index in [2.05, 4.69) is 42.5 Å². The van der Waals surface area contributed by atoms with E-state index in [0.717, 1.165) is 81.8 Å². The summed E-state index contributed by atoms with van der Waals surface area (Å²) >= 11 is 0. The first-order chi connectivity index (χ1) is 25.2. The van der Waals surface area contributed by atoms with E-state index in [9.17, 15) is 29.4 Å². The van der Waals surface area contributed by atoms with Crippen molar-refractivity contribution in [2.45, 2.75) is 162 Å². The van der Waals surface area contributed by atoms with E-state index in [1.54, 1.807) is 24.3 Å². The number of hydrogen-bond acceptors (Lipinski definition) is 6. The van der Waals surface area contributed by atoms with Gasteiger partial charge in [0.15, 0.2) is 0 Å². The Balaban J connectivity index is 1.95. The second-order valence-corrected chi connectivity index (χ2v) is 14.1. The molecular weight excluding hydrogens is 656 g/mol. The number of hydrazine groups is 2. The lowest BCUT2D eigenvalue weighted by Gasteiger charge is -2.18. The van der Waals surface area contributed by atoms with Crippen molar-refractivity contribution >= 4 is 23.6 Å². The van der Waals surface area contributed by atoms with Gasteiger partial charge < -0.3 is 10.2 Å². The maximum absolute atomic E-state index is 13.2. The van der Waals surface area contributed by atoms with Gasteiger partial charge in [0.05, 0.1) is 11.1 Å². The Bertz CT molecular complexity index is 1270. The molecule has 2 rings (SSSR count). The topological polar surface area (TPSA) is 157 Å². The van der Waals surface area contributed by atoms with Gasteiger partial charge in [-0.05, 0) is 67.5 Å². The predicted octanol–water partition coefficient (Wildman–Crippen LogP) is 8.88. The van der Waals surface area contributed by atoms with Crippen molar-refractivity contribution in [1.29, 1.82) is 0 Å². The summed E-state index contributed by atoms with van der Waals surface area (Å²) in [5.74, 6) is -4.49. The summed E-state index contributed by atoms with van der Waals surface area (Å²) in [6, 6.07) is 9.79. The molecule has 0 aliphatic carbocycles. The largest absolute Gasteiger partial charge is 0.507 e. The lowest BCUT2D eigenvalue weighted by Crippen LogP contribution is -2.51. The molecule has 0 saturated heterocycles. The van der Waals surface area contributed by atoms with Crippen LogP contribution in [0.2, 0.25) is 0 Å². The van der Waals surface area contributed by atoms with E-state index in [0.29, 0.717) is 6.42 Å². The number of carbonyl (C=O) groups is 4. The first-order valence-electron chi connectivity index (χ1n) is 20.1. The van der Waals surface area contributed by atoms with Crippen LogP contribution in [-0.2, 0) is 22.4 Å². The highest BCUT2D eigenvalue weighted by atomic mass is 16.3. The zero-order chi connectivity index (χ0) is 38.0. The van der Waals surface area contributed by atoms with Gasteiger partial charge in [0, 0.05) is 0 Å². The van der Waals surface area contributed by atoms with Crippen molar-refractivity contribution < 1.29 is 29.4 Å². The van der Waals surface area contributed by atoms with Crippen LogP contribution in [0.4, 0.5) is 0 Å². The average molecular weight is 723 g/mol. The third-order valence-corrected chi connectivity index (χ3v) is 9.58. The Kier molecular flexibility index (Phi) is 22.6. The SMILES string of the molecule is CCCCCCCCCC(C(=O)NNC(=O)c1ccc(CCCCCCCC)cc1O)C(=O)NNC(=O)c1ccc(CCCCCCCC)cc1O. The van der Waals surface area contributed by atoms with Crippen LogP contribution in [0, 0.1) is 5.92 Å². The number of phenols is 2. The first-order valence-corrected chi connectivity index (χ1v) is 20.1. The monoisotopic (exact) mass is 722 g/mol. The van der Waals surface area contributed by atoms with Crippen LogP contribution in [-0.4, -0.2) is 33.8 Å². The fraction of sp³-hybridized carbons (Fsp3) is 0.619. The number of amides is 4. The number of unbranched alkanes of at least 4 members (excludes halogenated alkanes) is 16. The van der Waals surface area contributed by atoms with Crippen molar-refractivity contribution in [2.75, 3.05) is 0 Å². The summed E-state index contributed by atoms with van der Waals surface area (Å²) in [6.45, 7) is 6.53. The van der Waals surface area contributed by atoms with Gasteiger partial charge in [-0.25, -0.2) is 0 Å². The number of aromatic hydroxyl groups is 2. The van der Waals surface area contributed by atoms with E-state index in [4.69, 9.17) is 0 Å². The number of hydrogen-bond donors (Lipinski definition) is 6. The van der Waals surface area contributed by atoms with Crippen molar-refractivity contribution in [2.24, 2.45) is 5.92 Å². The molecule has 0 saturated carbocycles. The smallest absolute Gasteiger partial charge is 0.273 e. The number of rotatable bonds is 26. The van der Waals surface area contributed by atoms with Gasteiger partial charge in [-0.2, -0.15) is 0 Å². The molecule has 0 radical (unpaired) electrons. The van der Waals surface area contributed by atoms with E-state index < -0.39 is 29.5 Å². The molecule has 10 heteroatoms. The lowest BCUT2D eigenvalue weighted by atomic mass is 9.98. The molecule has 0 aliphatic rings. The fourth-order valence-corrected chi connectivity index (χ4v) is 6.30. The second kappa shape index (κ2) is 26.7. The van der Waals surface area contributed by atoms with Crippen molar-refractivity contribution in [3.63, 3.8) is 0 Å². The van der Waals surface area contributed by atoms with Crippen LogP contribution in [0.25, 0.3) is 0 Å². The third-order valence-electron chi connectivity index (χ3n) is 9.58. The average Bonchev–Trinajstić information content (AvgIpc) is 3.13. The molecular formula is C42H66N4O6. The molecule has 10 nitrogen and oxygen atoms in total. The molecule has 2 aromatic rings. The van der Waals surface area contributed by atoms with Gasteiger partial charge in [-0.1, -0.05) is 142 Å². The van der Waals surface area contributed by atoms with Crippen LogP contribution in [0.3, 0.4) is 0 Å². The molecule has 0 aliphatic heterocycles. The Labute approximate surface area is 312 Å². The van der Waals surface area contributed by atoms with Crippen molar-refractivity contribution in [3.05, 3.63) is 58.7 Å². The summed E-state index contributed by atoms with van der Waals surface area (Å²) in [5, 5.41) is 21.1. The third kappa shape index (κ3) is 17.4. The minimum absolute atomic E-state index is 0.00476. The van der Waals surface area contributed by atoms with Crippen LogP contribution in [0.1, 0.15) is 181 Å². The van der Waals surface area contributed by atoms with Crippen LogP contribution >= 0.6 is 0 Å². The molecule has 0 unspecified atom stereocenters. The number of benzene rings is 2. The van der Waals surface area contributed by atoms with E-state index in [-0.39, 0.29) is 29.0 Å². The van der Waals surface area contributed by atoms with Crippen LogP contribution in [0.15, 0.2) is 36.4 Å². The van der Waals surface area contributed by atoms with Crippen molar-refractivity contribution in [3.8, 4) is 11.5 Å². The molecule has 2 aromatic carbocycles. The molecule has 6 N–H and O–H groups in total. The molecule has 52 heavy (non-hydrogen) atoms. The number of carbonyl (C=O) groups excluding carboxylic acids is 4. The maximum Gasteiger partial charge on any atom is 0.273 e. The molecule has 0 heterocycles. The molecule has 4 amide bonds. The molecule has 0 spiro atoms. The van der Waals surface area contributed by atoms with E-state index in [1.807, 2.05) is 0 Å². The summed E-state index contributed by atoms with van der Waals surface area (Å²) in [5.41, 5.74) is 11.2. The van der Waals surface area contributed by atoms with Crippen LogP contribution in [0.5, 0.6) is 11.5 Å². The Morgan fingerprint density at radius 3 is 1.19 bits per heavy atom. The Hall–Kier alpha value is -4.08. The molecule has 0 atom stereocenters. The zero-order valence-corrected chi connectivity index (χ0v) is 32.1. The lowest BCUT2D eigenvalue weighted by molar-refractivity contribution is -0.136. The molecule has 0 fully saturated rings. The fourth-order valence-electron chi connectivity index (χ4n) is 6.30. The maximum atomic E-state index is 13.2. The van der Waals surface area contributed by atoms with Gasteiger partial charge in [0.25, 0.3) is 23.6 Å². The van der Waals surface area contributed by atoms with Crippen molar-refractivity contribution in [1.82, 2.24) is 21.7 Å². The van der Waals surface area contributed by atoms with Gasteiger partial charge in [-0.15, -0.1) is 0 Å². The Morgan fingerprint density at radius 2 is 0.827 bits per heavy atom. The van der Waals surface area contributed by atoms with Gasteiger partial charge in [0.1, 0.15) is 17.4 Å². The summed E-state index contributed by atoms with van der Waals surface area (Å²) in [4.78, 5) is 52.3. The summed E-state index contributed by atoms with van der Waals surface area (Å²) in [6.07, 6.45) is 22.6. The minimum Gasteiger partial charge on any atom is -0.507 e. The highest BCUT2D eigenvalue weighted by molar-refractivity contribution is 6.04. The quantitative estimate of drug-likeness (QED) is 0.0324. The number of aryl methyl sites for hydroxylation is 2. The number of nitrogens with one attached hydrogen (secondary N) is 4. The first kappa shape index (κ1) is 44.1. The van der Waals surface area contributed by atoms with Crippen LogP contribution < -0.4 is 21.7 Å². The van der Waals surface area contributed by atoms with Gasteiger partial charge >= 0.3 is 0 Å². The van der Waals surface area contributed by atoms with E-state index in [1.165, 1.54) is 69.9 Å². The molecule has 290 valence electrons. The molecule has 0 aromatic heterocycles. The van der Waals surface area contributed by atoms with Gasteiger partial charge in [0.2, 0.25) is 0 Å². The second-order valence-electron chi connectivity index (χ2n) is 14.1. The molecule has 0 bridgehead atoms. The highest BCUT2D eigenvalue weighted by Crippen LogP contribution is 2.22. The highest BCUT2D eigenvalue weighted by Gasteiger charge is 2.28. The summed E-state index contributed by atoms with van der Waals surface area (Å²) in [7, 11) is 0. The standard InChI is InChI=1S/C42H66N4O6/c1-4-7-10-13-16-19-22-25-36(41(51)45-43-39(49)34-28-26-32(30-37(34)47)23-20-17-14-11-8-5-2)42(52)46-44-40(50)35-29-27-33(31-38(35)48)24-21-18-15-12-9-6-3/h26-31,36,47-48H,4-25H2,1-3H3,(H,43,49)(H,44,50)(H,45,51)(H,46,52). The van der Waals surface area contributed by atoms with Gasteiger partial charge in [-0.3, -0.25) is 40.9 Å².